The number of ketones is 1. The summed E-state index contributed by atoms with van der Waals surface area (Å²) in [5.74, 6) is -2.54. The van der Waals surface area contributed by atoms with Gasteiger partial charge in [-0.2, -0.15) is 0 Å². The number of ether oxygens (including phenoxy) is 2. The van der Waals surface area contributed by atoms with E-state index in [2.05, 4.69) is 15.8 Å². The lowest BCUT2D eigenvalue weighted by atomic mass is 9.84. The Kier molecular flexibility index (Phi) is 10.3. The molecule has 4 N–H and O–H groups in total. The average Bonchev–Trinajstić information content (AvgIpc) is 3.73. The van der Waals surface area contributed by atoms with Gasteiger partial charge in [-0.1, -0.05) is 62.4 Å². The minimum atomic E-state index is -1.55. The zero-order valence-corrected chi connectivity index (χ0v) is 27.7. The maximum Gasteiger partial charge on any atom is 0.287 e. The summed E-state index contributed by atoms with van der Waals surface area (Å²) in [6.45, 7) is 2.04. The molecular weight excluding hydrogens is 630 g/mol. The van der Waals surface area contributed by atoms with E-state index in [1.54, 1.807) is 25.1 Å². The summed E-state index contributed by atoms with van der Waals surface area (Å²) >= 11 is 0. The normalized spacial score (nSPS) is 21.5. The number of aryl methyl sites for hydroxylation is 1. The van der Waals surface area contributed by atoms with Gasteiger partial charge in [-0.3, -0.25) is 24.0 Å². The molecule has 3 heterocycles. The van der Waals surface area contributed by atoms with Crippen LogP contribution in [0.25, 0.3) is 10.8 Å². The number of likely N-dealkylation sites (tertiary alicyclic amines) is 1. The number of fused-ring (bicyclic) bond motifs is 1. The molecule has 1 aromatic heterocycles. The highest BCUT2D eigenvalue weighted by atomic mass is 16.5. The van der Waals surface area contributed by atoms with Crippen molar-refractivity contribution in [2.75, 3.05) is 19.8 Å². The van der Waals surface area contributed by atoms with Crippen molar-refractivity contribution in [3.05, 3.63) is 59.9 Å². The number of Topliss-reactive ketones (excluding diaryl/α,β-unsaturated/α-hetero) is 1. The van der Waals surface area contributed by atoms with Gasteiger partial charge >= 0.3 is 0 Å². The second-order valence-corrected chi connectivity index (χ2v) is 13.5. The molecule has 2 aromatic carbocycles. The van der Waals surface area contributed by atoms with Gasteiger partial charge in [-0.25, -0.2) is 0 Å². The fourth-order valence-corrected chi connectivity index (χ4v) is 7.38. The number of benzene rings is 2. The first kappa shape index (κ1) is 34.1. The lowest BCUT2D eigenvalue weighted by molar-refractivity contribution is -0.147. The van der Waals surface area contributed by atoms with Gasteiger partial charge in [-0.15, -0.1) is 0 Å². The van der Waals surface area contributed by atoms with Crippen molar-refractivity contribution < 1.29 is 38.0 Å². The fourth-order valence-electron chi connectivity index (χ4n) is 7.38. The van der Waals surface area contributed by atoms with E-state index in [0.29, 0.717) is 17.7 Å². The summed E-state index contributed by atoms with van der Waals surface area (Å²) in [5, 5.41) is 11.6. The molecule has 1 saturated carbocycles. The molecule has 49 heavy (non-hydrogen) atoms. The number of hydrogen-bond acceptors (Lipinski definition) is 9. The fraction of sp³-hybridized carbons (Fsp3) is 0.500. The number of nitrogens with two attached hydrogens (primary N) is 1. The van der Waals surface area contributed by atoms with E-state index in [4.69, 9.17) is 19.7 Å². The van der Waals surface area contributed by atoms with Crippen LogP contribution in [0.2, 0.25) is 0 Å². The first-order valence-corrected chi connectivity index (χ1v) is 17.1. The summed E-state index contributed by atoms with van der Waals surface area (Å²) in [7, 11) is 0. The van der Waals surface area contributed by atoms with Crippen LogP contribution < -0.4 is 21.1 Å². The highest BCUT2D eigenvalue weighted by molar-refractivity contribution is 6.39. The molecule has 6 rings (SSSR count). The van der Waals surface area contributed by atoms with Crippen molar-refractivity contribution in [1.29, 1.82) is 0 Å². The maximum atomic E-state index is 14.6. The lowest BCUT2D eigenvalue weighted by Gasteiger charge is -2.37. The molecule has 0 bridgehead atoms. The van der Waals surface area contributed by atoms with Gasteiger partial charge in [0.15, 0.2) is 0 Å². The van der Waals surface area contributed by atoms with Gasteiger partial charge in [0.1, 0.15) is 29.5 Å². The van der Waals surface area contributed by atoms with Gasteiger partial charge in [-0.05, 0) is 47.3 Å². The van der Waals surface area contributed by atoms with Crippen LogP contribution in [0, 0.1) is 12.8 Å². The van der Waals surface area contributed by atoms with E-state index in [1.807, 2.05) is 30.3 Å². The number of primary amides is 1. The van der Waals surface area contributed by atoms with Crippen LogP contribution >= 0.6 is 0 Å². The molecule has 3 aliphatic rings. The van der Waals surface area contributed by atoms with Crippen LogP contribution in [0.4, 0.5) is 0 Å². The summed E-state index contributed by atoms with van der Waals surface area (Å²) < 4.78 is 16.6. The third-order valence-electron chi connectivity index (χ3n) is 10.0. The van der Waals surface area contributed by atoms with Crippen molar-refractivity contribution in [2.24, 2.45) is 11.7 Å². The van der Waals surface area contributed by atoms with Gasteiger partial charge in [0.2, 0.25) is 17.6 Å². The van der Waals surface area contributed by atoms with Crippen molar-refractivity contribution in [3.8, 4) is 5.88 Å². The zero-order chi connectivity index (χ0) is 34.5. The molecule has 4 amide bonds. The average molecular weight is 674 g/mol. The second-order valence-electron chi connectivity index (χ2n) is 13.5. The first-order chi connectivity index (χ1) is 23.6. The van der Waals surface area contributed by atoms with Crippen molar-refractivity contribution >= 4 is 40.2 Å². The zero-order valence-electron chi connectivity index (χ0n) is 27.7. The standard InChI is InChI=1S/C36H43N5O8/c1-22-17-30(40-49-22)48-27-20-29(34(45)39-36(31(42)32(37)43)13-15-47-16-14-36)41(21-27)35(46)28(18-23-7-3-2-4-8-23)38-33(44)26-12-11-24-9-5-6-10-25(24)19-26/h5-6,9-12,17,19,23,27-29H,2-4,7-8,13-16,18,20-21H2,1H3,(H2,37,43)(H,38,44)(H,39,45)/t27-,28+,29-/m0/s1. The molecule has 2 aliphatic heterocycles. The quantitative estimate of drug-likeness (QED) is 0.258. The molecule has 13 nitrogen and oxygen atoms in total. The van der Waals surface area contributed by atoms with Crippen LogP contribution in [0.15, 0.2) is 53.1 Å². The predicted molar refractivity (Wildman–Crippen MR) is 177 cm³/mol. The minimum Gasteiger partial charge on any atom is -0.470 e. The highest BCUT2D eigenvalue weighted by Gasteiger charge is 2.49. The van der Waals surface area contributed by atoms with E-state index < -0.39 is 47.2 Å². The van der Waals surface area contributed by atoms with Crippen molar-refractivity contribution in [1.82, 2.24) is 20.7 Å². The molecule has 260 valence electrons. The molecule has 1 aliphatic carbocycles. The topological polar surface area (TPSA) is 183 Å². The number of carbonyl (C=O) groups excluding carboxylic acids is 5. The number of aromatic nitrogens is 1. The Labute approximate surface area is 284 Å². The molecule has 2 saturated heterocycles. The van der Waals surface area contributed by atoms with Gasteiger partial charge in [0, 0.05) is 44.1 Å². The molecule has 3 atom stereocenters. The first-order valence-electron chi connectivity index (χ1n) is 17.1. The maximum absolute atomic E-state index is 14.6. The van der Waals surface area contributed by atoms with E-state index >= 15 is 0 Å². The predicted octanol–water partition coefficient (Wildman–Crippen LogP) is 2.97. The van der Waals surface area contributed by atoms with Crippen LogP contribution in [0.5, 0.6) is 5.88 Å². The molecule has 3 fully saturated rings. The SMILES string of the molecule is Cc1cc(O[C@H]2C[C@@H](C(=O)NC3(C(=O)C(N)=O)CCOCC3)N(C(=O)[C@@H](CC3CCCCC3)NC(=O)c3ccc4ccccc4c3)C2)no1. The summed E-state index contributed by atoms with van der Waals surface area (Å²) in [6, 6.07) is 12.7. The van der Waals surface area contributed by atoms with Crippen molar-refractivity contribution in [3.63, 3.8) is 0 Å². The number of amides is 4. The summed E-state index contributed by atoms with van der Waals surface area (Å²) in [6.07, 6.45) is 5.08. The summed E-state index contributed by atoms with van der Waals surface area (Å²) in [4.78, 5) is 69.0. The van der Waals surface area contributed by atoms with Gasteiger partial charge in [0.25, 0.3) is 17.7 Å². The Balaban J connectivity index is 1.28. The molecule has 3 aromatic rings. The van der Waals surface area contributed by atoms with Crippen LogP contribution in [0.1, 0.15) is 73.9 Å². The Morgan fingerprint density at radius 3 is 2.45 bits per heavy atom. The number of rotatable bonds is 11. The number of carbonyl (C=O) groups is 5. The molecular formula is C36H43N5O8. The van der Waals surface area contributed by atoms with E-state index in [-0.39, 0.29) is 56.7 Å². The molecule has 13 heteroatoms. The Bertz CT molecular complexity index is 1710. The van der Waals surface area contributed by atoms with Crippen LogP contribution in [0.3, 0.4) is 0 Å². The second kappa shape index (κ2) is 14.8. The number of nitrogens with one attached hydrogen (secondary N) is 2. The highest BCUT2D eigenvalue weighted by Crippen LogP contribution is 2.31. The van der Waals surface area contributed by atoms with E-state index in [9.17, 15) is 24.0 Å². The smallest absolute Gasteiger partial charge is 0.287 e. The van der Waals surface area contributed by atoms with Crippen LogP contribution in [-0.4, -0.2) is 83.0 Å². The Hall–Kier alpha value is -4.78. The Morgan fingerprint density at radius 1 is 1.02 bits per heavy atom. The lowest BCUT2D eigenvalue weighted by Crippen LogP contribution is -2.64. The monoisotopic (exact) mass is 673 g/mol. The third-order valence-corrected chi connectivity index (χ3v) is 10.0. The molecule has 0 radical (unpaired) electrons. The van der Waals surface area contributed by atoms with Crippen molar-refractivity contribution in [2.45, 2.75) is 88.4 Å². The minimum absolute atomic E-state index is 0.0235. The van der Waals surface area contributed by atoms with Gasteiger partial charge < -0.3 is 35.3 Å². The molecule has 0 unspecified atom stereocenters. The number of nitrogens with zero attached hydrogens (tertiary/aromatic N) is 2. The third kappa shape index (κ3) is 7.77. The summed E-state index contributed by atoms with van der Waals surface area (Å²) in [5.41, 5.74) is 4.27. The largest absolute Gasteiger partial charge is 0.470 e. The van der Waals surface area contributed by atoms with E-state index in [1.165, 1.54) is 4.90 Å². The Morgan fingerprint density at radius 2 is 1.76 bits per heavy atom. The van der Waals surface area contributed by atoms with Crippen LogP contribution in [-0.2, 0) is 23.9 Å². The van der Waals surface area contributed by atoms with E-state index in [0.717, 1.165) is 42.9 Å². The molecule has 0 spiro atoms. The van der Waals surface area contributed by atoms with Gasteiger partial charge in [0.05, 0.1) is 6.54 Å². The number of hydrogen-bond donors (Lipinski definition) is 3.